The van der Waals surface area contributed by atoms with Gasteiger partial charge in [0.2, 0.25) is 4.32 Å². The molecular weight excluding hydrogens is 392 g/mol. The average molecular weight is 402 g/mol. The maximum Gasteiger partial charge on any atom is 0.357 e. The summed E-state index contributed by atoms with van der Waals surface area (Å²) < 4.78 is 3.59. The fourth-order valence-electron chi connectivity index (χ4n) is 1.58. The number of alkyl halides is 1. The zero-order valence-electron chi connectivity index (χ0n) is 11.6. The van der Waals surface area contributed by atoms with Crippen molar-refractivity contribution < 1.29 is 9.53 Å². The third-order valence-electron chi connectivity index (χ3n) is 2.71. The summed E-state index contributed by atoms with van der Waals surface area (Å²) in [4.78, 5) is 15.9. The van der Waals surface area contributed by atoms with Gasteiger partial charge in [-0.2, -0.15) is 10.4 Å². The Morgan fingerprint density at radius 1 is 1.59 bits per heavy atom. The SMILES string of the molecule is CCOC(=O)c1csc(C(Br)(C#N)c2cc(C)c(Cl)nn2)n1. The minimum Gasteiger partial charge on any atom is -0.461 e. The van der Waals surface area contributed by atoms with Crippen LogP contribution in [0.2, 0.25) is 5.15 Å². The molecule has 2 heterocycles. The first kappa shape index (κ1) is 16.8. The van der Waals surface area contributed by atoms with Crippen LogP contribution in [0.15, 0.2) is 11.4 Å². The zero-order chi connectivity index (χ0) is 16.3. The van der Waals surface area contributed by atoms with Crippen molar-refractivity contribution in [3.05, 3.63) is 38.6 Å². The largest absolute Gasteiger partial charge is 0.461 e. The monoisotopic (exact) mass is 400 g/mol. The molecule has 0 fully saturated rings. The minimum atomic E-state index is -1.30. The summed E-state index contributed by atoms with van der Waals surface area (Å²) in [6.45, 7) is 3.73. The summed E-state index contributed by atoms with van der Waals surface area (Å²) >= 11 is 10.4. The number of carbonyl (C=O) groups excluding carboxylic acids is 1. The number of rotatable bonds is 4. The topological polar surface area (TPSA) is 88.8 Å². The lowest BCUT2D eigenvalue weighted by Crippen LogP contribution is -2.20. The van der Waals surface area contributed by atoms with Gasteiger partial charge in [0.25, 0.3) is 0 Å². The summed E-state index contributed by atoms with van der Waals surface area (Å²) in [6, 6.07) is 3.76. The molecule has 0 amide bonds. The van der Waals surface area contributed by atoms with Crippen LogP contribution in [0.1, 0.15) is 33.7 Å². The molecule has 2 aromatic rings. The predicted octanol–water partition coefficient (Wildman–Crippen LogP) is 3.23. The van der Waals surface area contributed by atoms with Crippen molar-refractivity contribution in [3.63, 3.8) is 0 Å². The number of aryl methyl sites for hydroxylation is 1. The van der Waals surface area contributed by atoms with Gasteiger partial charge in [-0.25, -0.2) is 9.78 Å². The number of esters is 1. The van der Waals surface area contributed by atoms with Crippen molar-refractivity contribution in [1.29, 1.82) is 5.26 Å². The number of thiazole rings is 1. The lowest BCUT2D eigenvalue weighted by Gasteiger charge is -2.15. The molecule has 1 atom stereocenters. The number of halogens is 2. The molecule has 22 heavy (non-hydrogen) atoms. The molecule has 0 bridgehead atoms. The van der Waals surface area contributed by atoms with Gasteiger partial charge in [-0.05, 0) is 25.5 Å². The highest BCUT2D eigenvalue weighted by molar-refractivity contribution is 9.10. The first-order valence-electron chi connectivity index (χ1n) is 6.16. The van der Waals surface area contributed by atoms with Gasteiger partial charge in [0.15, 0.2) is 10.8 Å². The Morgan fingerprint density at radius 2 is 2.32 bits per heavy atom. The van der Waals surface area contributed by atoms with Gasteiger partial charge < -0.3 is 4.74 Å². The van der Waals surface area contributed by atoms with Crippen molar-refractivity contribution in [2.45, 2.75) is 18.2 Å². The van der Waals surface area contributed by atoms with Gasteiger partial charge in [-0.1, -0.05) is 27.5 Å². The van der Waals surface area contributed by atoms with Crippen molar-refractivity contribution in [3.8, 4) is 6.07 Å². The van der Waals surface area contributed by atoms with Crippen molar-refractivity contribution in [2.24, 2.45) is 0 Å². The van der Waals surface area contributed by atoms with Crippen LogP contribution in [0.3, 0.4) is 0 Å². The third-order valence-corrected chi connectivity index (χ3v) is 5.27. The number of ether oxygens (including phenoxy) is 1. The Bertz CT molecular complexity index is 761. The highest BCUT2D eigenvalue weighted by Gasteiger charge is 2.38. The van der Waals surface area contributed by atoms with E-state index in [1.807, 2.05) is 0 Å². The van der Waals surface area contributed by atoms with Gasteiger partial charge in [0, 0.05) is 5.38 Å². The van der Waals surface area contributed by atoms with Crippen LogP contribution in [0.25, 0.3) is 0 Å². The van der Waals surface area contributed by atoms with E-state index in [-0.39, 0.29) is 17.5 Å². The summed E-state index contributed by atoms with van der Waals surface area (Å²) in [6.07, 6.45) is 0. The molecule has 6 nitrogen and oxygen atoms in total. The second kappa shape index (κ2) is 6.69. The number of hydrogen-bond donors (Lipinski definition) is 0. The highest BCUT2D eigenvalue weighted by atomic mass is 79.9. The predicted molar refractivity (Wildman–Crippen MR) is 85.2 cm³/mol. The Hall–Kier alpha value is -1.56. The van der Waals surface area contributed by atoms with Crippen LogP contribution in [0, 0.1) is 18.3 Å². The molecule has 0 N–H and O–H groups in total. The number of aromatic nitrogens is 3. The molecule has 0 saturated heterocycles. The Morgan fingerprint density at radius 3 is 2.91 bits per heavy atom. The Labute approximate surface area is 144 Å². The maximum atomic E-state index is 11.7. The molecule has 9 heteroatoms. The lowest BCUT2D eigenvalue weighted by molar-refractivity contribution is 0.0520. The molecule has 2 rings (SSSR count). The average Bonchev–Trinajstić information content (AvgIpc) is 3.00. The van der Waals surface area contributed by atoms with E-state index in [1.54, 1.807) is 19.9 Å². The van der Waals surface area contributed by atoms with Gasteiger partial charge >= 0.3 is 5.97 Å². The molecule has 0 aromatic carbocycles. The van der Waals surface area contributed by atoms with Crippen LogP contribution in [-0.4, -0.2) is 27.8 Å². The van der Waals surface area contributed by atoms with E-state index in [2.05, 4.69) is 37.2 Å². The van der Waals surface area contributed by atoms with E-state index < -0.39 is 10.3 Å². The quantitative estimate of drug-likeness (QED) is 0.577. The summed E-state index contributed by atoms with van der Waals surface area (Å²) in [5.74, 6) is -0.531. The van der Waals surface area contributed by atoms with Gasteiger partial charge in [0.1, 0.15) is 10.7 Å². The second-order valence-corrected chi connectivity index (χ2v) is 6.64. The number of hydrogen-bond acceptors (Lipinski definition) is 7. The van der Waals surface area contributed by atoms with Crippen LogP contribution in [0.4, 0.5) is 0 Å². The Kier molecular flexibility index (Phi) is 5.11. The standard InChI is InChI=1S/C13H10BrClN4O2S/c1-3-21-11(20)8-5-22-12(17-8)13(14,6-16)9-4-7(2)10(15)19-18-9/h4-5H,3H2,1-2H3. The molecule has 0 radical (unpaired) electrons. The fourth-order valence-corrected chi connectivity index (χ4v) is 3.07. The highest BCUT2D eigenvalue weighted by Crippen LogP contribution is 2.39. The van der Waals surface area contributed by atoms with E-state index in [0.717, 1.165) is 11.3 Å². The van der Waals surface area contributed by atoms with Gasteiger partial charge in [-0.3, -0.25) is 0 Å². The first-order chi connectivity index (χ1) is 10.4. The van der Waals surface area contributed by atoms with Gasteiger partial charge in [0.05, 0.1) is 12.7 Å². The van der Waals surface area contributed by atoms with Crippen molar-refractivity contribution in [2.75, 3.05) is 6.61 Å². The van der Waals surface area contributed by atoms with Crippen LogP contribution in [0.5, 0.6) is 0 Å². The molecule has 2 aromatic heterocycles. The summed E-state index contributed by atoms with van der Waals surface area (Å²) in [5.41, 5.74) is 1.19. The lowest BCUT2D eigenvalue weighted by atomic mass is 10.1. The summed E-state index contributed by atoms with van der Waals surface area (Å²) in [5, 5.41) is 19.5. The Balaban J connectivity index is 2.44. The van der Waals surface area contributed by atoms with Crippen molar-refractivity contribution in [1.82, 2.24) is 15.2 Å². The van der Waals surface area contributed by atoms with E-state index >= 15 is 0 Å². The summed E-state index contributed by atoms with van der Waals surface area (Å²) in [7, 11) is 0. The molecule has 0 saturated carbocycles. The fraction of sp³-hybridized carbons (Fsp3) is 0.308. The molecule has 1 unspecified atom stereocenters. The van der Waals surface area contributed by atoms with E-state index in [1.165, 1.54) is 5.38 Å². The van der Waals surface area contributed by atoms with Crippen LogP contribution in [-0.2, 0) is 9.06 Å². The van der Waals surface area contributed by atoms with E-state index in [4.69, 9.17) is 16.3 Å². The molecule has 0 aliphatic carbocycles. The third kappa shape index (κ3) is 3.11. The number of carbonyl (C=O) groups is 1. The molecule has 114 valence electrons. The van der Waals surface area contributed by atoms with E-state index in [0.29, 0.717) is 16.3 Å². The normalized spacial score (nSPS) is 13.2. The molecule has 0 aliphatic heterocycles. The second-order valence-electron chi connectivity index (χ2n) is 4.23. The van der Waals surface area contributed by atoms with Crippen molar-refractivity contribution >= 4 is 44.8 Å². The molecule has 0 aliphatic rings. The van der Waals surface area contributed by atoms with Crippen LogP contribution < -0.4 is 0 Å². The molecular formula is C13H10BrClN4O2S. The molecule has 0 spiro atoms. The van der Waals surface area contributed by atoms with Gasteiger partial charge in [-0.15, -0.1) is 16.4 Å². The van der Waals surface area contributed by atoms with E-state index in [9.17, 15) is 10.1 Å². The maximum absolute atomic E-state index is 11.7. The minimum absolute atomic E-state index is 0.152. The first-order valence-corrected chi connectivity index (χ1v) is 8.21. The number of nitrogens with zero attached hydrogens (tertiary/aromatic N) is 4. The number of nitriles is 1. The van der Waals surface area contributed by atoms with Crippen LogP contribution >= 0.6 is 38.9 Å². The zero-order valence-corrected chi connectivity index (χ0v) is 14.8. The smallest absolute Gasteiger partial charge is 0.357 e.